The summed E-state index contributed by atoms with van der Waals surface area (Å²) in [5, 5.41) is 3.26. The molecule has 0 aliphatic carbocycles. The molecule has 16 heavy (non-hydrogen) atoms. The van der Waals surface area contributed by atoms with Crippen LogP contribution < -0.4 is 10.1 Å². The van der Waals surface area contributed by atoms with Crippen LogP contribution in [0.2, 0.25) is 0 Å². The summed E-state index contributed by atoms with van der Waals surface area (Å²) in [4.78, 5) is 0. The summed E-state index contributed by atoms with van der Waals surface area (Å²) in [5.74, 6) is 0.517. The first kappa shape index (κ1) is 13.0. The van der Waals surface area contributed by atoms with Gasteiger partial charge in [0.1, 0.15) is 0 Å². The van der Waals surface area contributed by atoms with Crippen LogP contribution in [0.1, 0.15) is 19.4 Å². The molecule has 90 valence electrons. The van der Waals surface area contributed by atoms with Crippen molar-refractivity contribution in [3.63, 3.8) is 0 Å². The lowest BCUT2D eigenvalue weighted by Crippen LogP contribution is -2.22. The van der Waals surface area contributed by atoms with Crippen molar-refractivity contribution in [2.45, 2.75) is 20.3 Å². The molecule has 0 amide bonds. The van der Waals surface area contributed by atoms with Gasteiger partial charge in [-0.05, 0) is 37.1 Å². The Labute approximate surface area is 96.8 Å². The highest BCUT2D eigenvalue weighted by Crippen LogP contribution is 2.21. The fourth-order valence-corrected chi connectivity index (χ4v) is 1.71. The summed E-state index contributed by atoms with van der Waals surface area (Å²) >= 11 is 0. The molecule has 0 heterocycles. The third kappa shape index (κ3) is 3.49. The van der Waals surface area contributed by atoms with Crippen LogP contribution in [0.15, 0.2) is 18.2 Å². The normalized spacial score (nSPS) is 12.5. The fourth-order valence-electron chi connectivity index (χ4n) is 1.71. The molecular formula is C13H20FNO. The molecular weight excluding hydrogens is 205 g/mol. The zero-order chi connectivity index (χ0) is 12.0. The van der Waals surface area contributed by atoms with Crippen LogP contribution >= 0.6 is 0 Å². The van der Waals surface area contributed by atoms with Crippen molar-refractivity contribution < 1.29 is 9.13 Å². The number of halogens is 1. The van der Waals surface area contributed by atoms with Crippen molar-refractivity contribution >= 4 is 0 Å². The predicted molar refractivity (Wildman–Crippen MR) is 64.4 cm³/mol. The van der Waals surface area contributed by atoms with E-state index in [0.29, 0.717) is 11.7 Å². The molecule has 0 aliphatic rings. The molecule has 0 radical (unpaired) electrons. The Morgan fingerprint density at radius 2 is 2.19 bits per heavy atom. The number of rotatable bonds is 6. The molecule has 0 saturated heterocycles. The van der Waals surface area contributed by atoms with Gasteiger partial charge < -0.3 is 10.1 Å². The van der Waals surface area contributed by atoms with Crippen LogP contribution in [0.5, 0.6) is 5.75 Å². The Bertz CT molecular complexity index is 328. The number of ether oxygens (including phenoxy) is 1. The minimum absolute atomic E-state index is 0.228. The van der Waals surface area contributed by atoms with Crippen LogP contribution in [0.4, 0.5) is 4.39 Å². The third-order valence-electron chi connectivity index (χ3n) is 2.57. The van der Waals surface area contributed by atoms with Gasteiger partial charge in [0.25, 0.3) is 0 Å². The van der Waals surface area contributed by atoms with E-state index in [1.165, 1.54) is 7.11 Å². The predicted octanol–water partition coefficient (Wildman–Crippen LogP) is 2.62. The molecule has 0 saturated carbocycles. The maximum absolute atomic E-state index is 13.8. The molecule has 1 unspecified atom stereocenters. The van der Waals surface area contributed by atoms with Crippen LogP contribution in [-0.4, -0.2) is 20.2 Å². The Morgan fingerprint density at radius 3 is 2.81 bits per heavy atom. The van der Waals surface area contributed by atoms with E-state index in [0.717, 1.165) is 25.1 Å². The Hall–Kier alpha value is -1.09. The van der Waals surface area contributed by atoms with Gasteiger partial charge in [0.05, 0.1) is 7.11 Å². The SMILES string of the molecule is CCNCC(C)Cc1cccc(OC)c1F. The van der Waals surface area contributed by atoms with E-state index in [1.807, 2.05) is 12.1 Å². The van der Waals surface area contributed by atoms with E-state index in [9.17, 15) is 4.39 Å². The molecule has 1 aromatic rings. The Kier molecular flexibility index (Phi) is 5.26. The first-order chi connectivity index (χ1) is 7.69. The van der Waals surface area contributed by atoms with Gasteiger partial charge in [-0.15, -0.1) is 0 Å². The number of hydrogen-bond donors (Lipinski definition) is 1. The molecule has 0 aliphatic heterocycles. The lowest BCUT2D eigenvalue weighted by Gasteiger charge is -2.13. The molecule has 1 rings (SSSR count). The van der Waals surface area contributed by atoms with Crippen LogP contribution in [0.25, 0.3) is 0 Å². The molecule has 0 bridgehead atoms. The van der Waals surface area contributed by atoms with Crippen LogP contribution in [0, 0.1) is 11.7 Å². The highest BCUT2D eigenvalue weighted by Gasteiger charge is 2.11. The second-order valence-electron chi connectivity index (χ2n) is 4.05. The second kappa shape index (κ2) is 6.48. The van der Waals surface area contributed by atoms with E-state index in [1.54, 1.807) is 6.07 Å². The highest BCUT2D eigenvalue weighted by atomic mass is 19.1. The van der Waals surface area contributed by atoms with Crippen LogP contribution in [0.3, 0.4) is 0 Å². The van der Waals surface area contributed by atoms with E-state index >= 15 is 0 Å². The van der Waals surface area contributed by atoms with E-state index in [4.69, 9.17) is 4.74 Å². The molecule has 0 spiro atoms. The van der Waals surface area contributed by atoms with Crippen molar-refractivity contribution in [3.8, 4) is 5.75 Å². The largest absolute Gasteiger partial charge is 0.494 e. The molecule has 2 nitrogen and oxygen atoms in total. The first-order valence-electron chi connectivity index (χ1n) is 5.71. The van der Waals surface area contributed by atoms with Crippen molar-refractivity contribution in [1.82, 2.24) is 5.32 Å². The van der Waals surface area contributed by atoms with Gasteiger partial charge in [0, 0.05) is 0 Å². The lowest BCUT2D eigenvalue weighted by atomic mass is 10.0. The van der Waals surface area contributed by atoms with E-state index < -0.39 is 0 Å². The van der Waals surface area contributed by atoms with Crippen molar-refractivity contribution in [2.75, 3.05) is 20.2 Å². The van der Waals surface area contributed by atoms with E-state index in [-0.39, 0.29) is 5.82 Å². The summed E-state index contributed by atoms with van der Waals surface area (Å²) in [6.45, 7) is 6.04. The number of benzene rings is 1. The third-order valence-corrected chi connectivity index (χ3v) is 2.57. The number of methoxy groups -OCH3 is 1. The van der Waals surface area contributed by atoms with Gasteiger partial charge in [0.2, 0.25) is 0 Å². The minimum atomic E-state index is -0.228. The van der Waals surface area contributed by atoms with Gasteiger partial charge in [-0.3, -0.25) is 0 Å². The summed E-state index contributed by atoms with van der Waals surface area (Å²) in [5.41, 5.74) is 0.727. The molecule has 0 fully saturated rings. The molecule has 1 N–H and O–H groups in total. The summed E-state index contributed by atoms with van der Waals surface area (Å²) in [6, 6.07) is 5.30. The van der Waals surface area contributed by atoms with Crippen molar-refractivity contribution in [3.05, 3.63) is 29.6 Å². The quantitative estimate of drug-likeness (QED) is 0.803. The van der Waals surface area contributed by atoms with Crippen molar-refractivity contribution in [2.24, 2.45) is 5.92 Å². The maximum atomic E-state index is 13.8. The topological polar surface area (TPSA) is 21.3 Å². The summed E-state index contributed by atoms with van der Waals surface area (Å²) in [7, 11) is 1.49. The Morgan fingerprint density at radius 1 is 1.44 bits per heavy atom. The standard InChI is InChI=1S/C13H20FNO/c1-4-15-9-10(2)8-11-6-5-7-12(16-3)13(11)14/h5-7,10,15H,4,8-9H2,1-3H3. The Balaban J connectivity index is 2.66. The van der Waals surface area contributed by atoms with Gasteiger partial charge in [-0.1, -0.05) is 26.0 Å². The van der Waals surface area contributed by atoms with E-state index in [2.05, 4.69) is 19.2 Å². The number of nitrogens with one attached hydrogen (secondary N) is 1. The molecule has 1 aromatic carbocycles. The highest BCUT2D eigenvalue weighted by molar-refractivity contribution is 5.31. The zero-order valence-electron chi connectivity index (χ0n) is 10.2. The lowest BCUT2D eigenvalue weighted by molar-refractivity contribution is 0.382. The fraction of sp³-hybridized carbons (Fsp3) is 0.538. The first-order valence-corrected chi connectivity index (χ1v) is 5.71. The van der Waals surface area contributed by atoms with Crippen LogP contribution in [-0.2, 0) is 6.42 Å². The van der Waals surface area contributed by atoms with Gasteiger partial charge in [0.15, 0.2) is 11.6 Å². The zero-order valence-corrected chi connectivity index (χ0v) is 10.2. The average Bonchev–Trinajstić information content (AvgIpc) is 2.29. The molecule has 0 aromatic heterocycles. The minimum Gasteiger partial charge on any atom is -0.494 e. The number of hydrogen-bond acceptors (Lipinski definition) is 2. The second-order valence-corrected chi connectivity index (χ2v) is 4.05. The molecule has 3 heteroatoms. The summed E-state index contributed by atoms with van der Waals surface area (Å²) in [6.07, 6.45) is 0.732. The van der Waals surface area contributed by atoms with Gasteiger partial charge in [-0.25, -0.2) is 4.39 Å². The van der Waals surface area contributed by atoms with Gasteiger partial charge >= 0.3 is 0 Å². The smallest absolute Gasteiger partial charge is 0.168 e. The van der Waals surface area contributed by atoms with Gasteiger partial charge in [-0.2, -0.15) is 0 Å². The molecule has 1 atom stereocenters. The average molecular weight is 225 g/mol. The maximum Gasteiger partial charge on any atom is 0.168 e. The summed E-state index contributed by atoms with van der Waals surface area (Å²) < 4.78 is 18.8. The van der Waals surface area contributed by atoms with Crippen molar-refractivity contribution in [1.29, 1.82) is 0 Å². The monoisotopic (exact) mass is 225 g/mol.